The highest BCUT2D eigenvalue weighted by Crippen LogP contribution is 2.16. The average Bonchev–Trinajstić information content (AvgIpc) is 2.93. The fraction of sp³-hybridized carbons (Fsp3) is 0.375. The second kappa shape index (κ2) is 6.37. The number of nitrogens with zero attached hydrogens (tertiary/aromatic N) is 2. The summed E-state index contributed by atoms with van der Waals surface area (Å²) in [6.45, 7) is 6.22. The third-order valence-electron chi connectivity index (χ3n) is 3.33. The Labute approximate surface area is 119 Å². The molecule has 0 saturated heterocycles. The monoisotopic (exact) mass is 272 g/mol. The van der Waals surface area contributed by atoms with Crippen LogP contribution in [0.2, 0.25) is 0 Å². The summed E-state index contributed by atoms with van der Waals surface area (Å²) < 4.78 is 7.63. The molecule has 0 spiro atoms. The second-order valence-electron chi connectivity index (χ2n) is 4.92. The van der Waals surface area contributed by atoms with Crippen LogP contribution in [0.5, 0.6) is 5.75 Å². The van der Waals surface area contributed by atoms with Crippen molar-refractivity contribution in [3.63, 3.8) is 0 Å². The maximum Gasteiger partial charge on any atom is 0.159 e. The number of hydrogen-bond acceptors (Lipinski definition) is 3. The lowest BCUT2D eigenvalue weighted by Gasteiger charge is -2.08. The summed E-state index contributed by atoms with van der Waals surface area (Å²) in [4.78, 5) is 11.3. The van der Waals surface area contributed by atoms with E-state index in [0.717, 1.165) is 12.1 Å². The van der Waals surface area contributed by atoms with Crippen LogP contribution in [-0.2, 0) is 6.61 Å². The van der Waals surface area contributed by atoms with Crippen molar-refractivity contribution in [3.05, 3.63) is 47.8 Å². The Kier molecular flexibility index (Phi) is 4.56. The second-order valence-corrected chi connectivity index (χ2v) is 4.92. The number of ketones is 1. The van der Waals surface area contributed by atoms with Gasteiger partial charge in [-0.2, -0.15) is 5.10 Å². The van der Waals surface area contributed by atoms with Crippen LogP contribution in [0.15, 0.2) is 36.5 Å². The van der Waals surface area contributed by atoms with E-state index in [-0.39, 0.29) is 5.78 Å². The van der Waals surface area contributed by atoms with Crippen LogP contribution >= 0.6 is 0 Å². The number of aromatic nitrogens is 2. The minimum atomic E-state index is 0.0384. The Balaban J connectivity index is 2.00. The van der Waals surface area contributed by atoms with Crippen molar-refractivity contribution in [2.45, 2.75) is 39.8 Å². The van der Waals surface area contributed by atoms with E-state index >= 15 is 0 Å². The zero-order valence-corrected chi connectivity index (χ0v) is 12.2. The summed E-state index contributed by atoms with van der Waals surface area (Å²) in [7, 11) is 0. The molecule has 0 aliphatic heterocycles. The summed E-state index contributed by atoms with van der Waals surface area (Å²) in [5, 5.41) is 4.48. The highest BCUT2D eigenvalue weighted by Gasteiger charge is 2.06. The summed E-state index contributed by atoms with van der Waals surface area (Å²) in [5.41, 5.74) is 1.55. The molecule has 0 aliphatic rings. The average molecular weight is 272 g/mol. The molecule has 1 aromatic heterocycles. The van der Waals surface area contributed by atoms with Crippen molar-refractivity contribution in [2.75, 3.05) is 0 Å². The van der Waals surface area contributed by atoms with Gasteiger partial charge in [0.25, 0.3) is 0 Å². The van der Waals surface area contributed by atoms with Crippen molar-refractivity contribution in [3.8, 4) is 5.75 Å². The molecule has 1 unspecified atom stereocenters. The molecular formula is C16H20N2O2. The van der Waals surface area contributed by atoms with Gasteiger partial charge in [0.2, 0.25) is 0 Å². The molecule has 1 heterocycles. The number of benzene rings is 1. The van der Waals surface area contributed by atoms with Crippen LogP contribution in [0.3, 0.4) is 0 Å². The predicted molar refractivity (Wildman–Crippen MR) is 78.0 cm³/mol. The van der Waals surface area contributed by atoms with Crippen LogP contribution < -0.4 is 4.74 Å². The number of carbonyl (C=O) groups is 1. The molecule has 0 radical (unpaired) electrons. The zero-order valence-electron chi connectivity index (χ0n) is 12.2. The molecule has 2 rings (SSSR count). The van der Waals surface area contributed by atoms with E-state index in [2.05, 4.69) is 18.9 Å². The largest absolute Gasteiger partial charge is 0.487 e. The van der Waals surface area contributed by atoms with E-state index in [9.17, 15) is 4.79 Å². The number of hydrogen-bond donors (Lipinski definition) is 0. The van der Waals surface area contributed by atoms with Gasteiger partial charge >= 0.3 is 0 Å². The van der Waals surface area contributed by atoms with E-state index in [1.807, 2.05) is 29.1 Å². The fourth-order valence-electron chi connectivity index (χ4n) is 1.85. The minimum absolute atomic E-state index is 0.0384. The minimum Gasteiger partial charge on any atom is -0.487 e. The first-order valence-corrected chi connectivity index (χ1v) is 6.88. The molecule has 0 amide bonds. The van der Waals surface area contributed by atoms with Gasteiger partial charge in [0.1, 0.15) is 12.4 Å². The third kappa shape index (κ3) is 3.47. The molecule has 4 nitrogen and oxygen atoms in total. The molecule has 20 heavy (non-hydrogen) atoms. The summed E-state index contributed by atoms with van der Waals surface area (Å²) in [5.74, 6) is 0.729. The molecule has 0 bridgehead atoms. The van der Waals surface area contributed by atoms with Gasteiger partial charge in [0.05, 0.1) is 5.69 Å². The molecule has 4 heteroatoms. The molecule has 2 aromatic rings. The molecule has 0 fully saturated rings. The smallest absolute Gasteiger partial charge is 0.159 e. The van der Waals surface area contributed by atoms with E-state index in [1.54, 1.807) is 19.1 Å². The zero-order chi connectivity index (χ0) is 14.5. The Morgan fingerprint density at radius 1 is 1.40 bits per heavy atom. The summed E-state index contributed by atoms with van der Waals surface area (Å²) >= 11 is 0. The first-order valence-electron chi connectivity index (χ1n) is 6.88. The summed E-state index contributed by atoms with van der Waals surface area (Å²) in [6, 6.07) is 9.56. The van der Waals surface area contributed by atoms with Crippen LogP contribution in [0.4, 0.5) is 0 Å². The first kappa shape index (κ1) is 14.3. The lowest BCUT2D eigenvalue weighted by molar-refractivity contribution is 0.101. The van der Waals surface area contributed by atoms with Crippen LogP contribution in [0.25, 0.3) is 0 Å². The van der Waals surface area contributed by atoms with Crippen molar-refractivity contribution in [1.29, 1.82) is 0 Å². The first-order chi connectivity index (χ1) is 9.60. The van der Waals surface area contributed by atoms with Gasteiger partial charge in [-0.1, -0.05) is 19.1 Å². The highest BCUT2D eigenvalue weighted by atomic mass is 16.5. The summed E-state index contributed by atoms with van der Waals surface area (Å²) in [6.07, 6.45) is 3.02. The Hall–Kier alpha value is -2.10. The lowest BCUT2D eigenvalue weighted by atomic mass is 10.1. The van der Waals surface area contributed by atoms with Crippen molar-refractivity contribution in [1.82, 2.24) is 9.78 Å². The Morgan fingerprint density at radius 2 is 2.20 bits per heavy atom. The normalized spacial score (nSPS) is 12.2. The van der Waals surface area contributed by atoms with Crippen molar-refractivity contribution >= 4 is 5.78 Å². The third-order valence-corrected chi connectivity index (χ3v) is 3.33. The van der Waals surface area contributed by atoms with E-state index < -0.39 is 0 Å². The van der Waals surface area contributed by atoms with Gasteiger partial charge < -0.3 is 4.74 Å². The number of Topliss-reactive ketones (excluding diaryl/α,β-unsaturated/α-hetero) is 1. The number of rotatable bonds is 6. The van der Waals surface area contributed by atoms with Gasteiger partial charge in [-0.25, -0.2) is 0 Å². The molecule has 1 atom stereocenters. The van der Waals surface area contributed by atoms with Gasteiger partial charge in [0, 0.05) is 17.8 Å². The van der Waals surface area contributed by atoms with Gasteiger partial charge in [-0.15, -0.1) is 0 Å². The van der Waals surface area contributed by atoms with E-state index in [4.69, 9.17) is 4.74 Å². The quantitative estimate of drug-likeness (QED) is 0.754. The molecular weight excluding hydrogens is 252 g/mol. The Morgan fingerprint density at radius 3 is 2.90 bits per heavy atom. The fourth-order valence-corrected chi connectivity index (χ4v) is 1.85. The lowest BCUT2D eigenvalue weighted by Crippen LogP contribution is -2.05. The van der Waals surface area contributed by atoms with Gasteiger partial charge in [-0.3, -0.25) is 9.48 Å². The van der Waals surface area contributed by atoms with Crippen molar-refractivity contribution < 1.29 is 9.53 Å². The molecule has 0 aliphatic carbocycles. The van der Waals surface area contributed by atoms with Crippen LogP contribution in [0, 0.1) is 0 Å². The number of carbonyl (C=O) groups excluding carboxylic acids is 1. The maximum absolute atomic E-state index is 11.3. The van der Waals surface area contributed by atoms with Gasteiger partial charge in [-0.05, 0) is 38.5 Å². The van der Waals surface area contributed by atoms with E-state index in [0.29, 0.717) is 24.0 Å². The highest BCUT2D eigenvalue weighted by molar-refractivity contribution is 5.94. The molecule has 1 aromatic carbocycles. The topological polar surface area (TPSA) is 44.1 Å². The van der Waals surface area contributed by atoms with Crippen LogP contribution in [-0.4, -0.2) is 15.6 Å². The SMILES string of the molecule is CCC(C)n1ccc(COc2cccc(C(C)=O)c2)n1. The standard InChI is InChI=1S/C16H20N2O2/c1-4-12(2)18-9-8-15(17-18)11-20-16-7-5-6-14(10-16)13(3)19/h5-10,12H,4,11H2,1-3H3. The molecule has 0 N–H and O–H groups in total. The predicted octanol–water partition coefficient (Wildman–Crippen LogP) is 3.64. The van der Waals surface area contributed by atoms with Crippen LogP contribution in [0.1, 0.15) is 49.3 Å². The maximum atomic E-state index is 11.3. The molecule has 106 valence electrons. The van der Waals surface area contributed by atoms with Crippen molar-refractivity contribution in [2.24, 2.45) is 0 Å². The Bertz CT molecular complexity index is 590. The molecule has 0 saturated carbocycles. The van der Waals surface area contributed by atoms with Gasteiger partial charge in [0.15, 0.2) is 5.78 Å². The van der Waals surface area contributed by atoms with E-state index in [1.165, 1.54) is 0 Å². The number of ether oxygens (including phenoxy) is 1.